The predicted octanol–water partition coefficient (Wildman–Crippen LogP) is 10.3. The highest BCUT2D eigenvalue weighted by atomic mass is 16.8. The summed E-state index contributed by atoms with van der Waals surface area (Å²) >= 11 is 0. The Hall–Kier alpha value is -6.02. The number of rotatable bonds is 25. The van der Waals surface area contributed by atoms with Crippen LogP contribution in [-0.4, -0.2) is 86.6 Å². The van der Waals surface area contributed by atoms with E-state index in [0.29, 0.717) is 65.1 Å². The largest absolute Gasteiger partial charge is 0.374 e. The van der Waals surface area contributed by atoms with Crippen LogP contribution < -0.4 is 10.6 Å². The second kappa shape index (κ2) is 25.7. The minimum absolute atomic E-state index is 0.0567. The van der Waals surface area contributed by atoms with Gasteiger partial charge in [-0.2, -0.15) is 0 Å². The first-order valence-electron chi connectivity index (χ1n) is 27.0. The van der Waals surface area contributed by atoms with Gasteiger partial charge in [-0.25, -0.2) is 0 Å². The monoisotopic (exact) mass is 1010 g/mol. The lowest BCUT2D eigenvalue weighted by atomic mass is 9.80. The molecule has 2 saturated heterocycles. The number of nitrogens with one attached hydrogen (secondary N) is 2. The first kappa shape index (κ1) is 53.8. The van der Waals surface area contributed by atoms with Gasteiger partial charge in [0.25, 0.3) is 0 Å². The zero-order valence-corrected chi connectivity index (χ0v) is 44.1. The fraction of sp³-hybridized carbons (Fsp3) is 0.406. The smallest absolute Gasteiger partial charge is 0.245 e. The fourth-order valence-corrected chi connectivity index (χ4v) is 10.9. The Morgan fingerprint density at radius 3 is 1.80 bits per heavy atom. The van der Waals surface area contributed by atoms with Gasteiger partial charge < -0.3 is 44.0 Å². The number of fused-ring (bicyclic) bond motifs is 2. The van der Waals surface area contributed by atoms with E-state index in [2.05, 4.69) is 109 Å². The van der Waals surface area contributed by atoms with Crippen LogP contribution in [0, 0.1) is 6.92 Å². The van der Waals surface area contributed by atoms with Crippen molar-refractivity contribution >= 4 is 11.8 Å². The van der Waals surface area contributed by atoms with Crippen LogP contribution in [0.4, 0.5) is 0 Å². The minimum atomic E-state index is -1.40. The average Bonchev–Trinajstić information content (AvgIpc) is 3.78. The molecule has 2 heterocycles. The SMILES string of the molecule is Cc1ccc([C@]23OC[C@](COCc4ccccc4)(O2)[C@@H](OCc2ccccc2)[C@H](OCc2ccccc2)[C@H]3OCc2ccccc2)cc1Cc1ccc(CCCC(=O)NC2(C(=O)NCCN(C)C)CCCCC2)cc1. The number of ether oxygens (including phenoxy) is 6. The van der Waals surface area contributed by atoms with Crippen LogP contribution in [0.1, 0.15) is 95.0 Å². The zero-order chi connectivity index (χ0) is 51.9. The molecule has 11 nitrogen and oxygen atoms in total. The number of amides is 2. The van der Waals surface area contributed by atoms with Gasteiger partial charge >= 0.3 is 0 Å². The van der Waals surface area contributed by atoms with Crippen LogP contribution in [0.2, 0.25) is 0 Å². The van der Waals surface area contributed by atoms with Gasteiger partial charge in [0.05, 0.1) is 39.6 Å². The van der Waals surface area contributed by atoms with Crippen molar-refractivity contribution in [3.05, 3.63) is 214 Å². The van der Waals surface area contributed by atoms with Crippen molar-refractivity contribution in [2.75, 3.05) is 40.4 Å². The molecule has 9 rings (SSSR count). The van der Waals surface area contributed by atoms with E-state index in [0.717, 1.165) is 82.3 Å². The maximum Gasteiger partial charge on any atom is 0.245 e. The Labute approximate surface area is 444 Å². The summed E-state index contributed by atoms with van der Waals surface area (Å²) in [7, 11) is 3.97. The van der Waals surface area contributed by atoms with Crippen LogP contribution >= 0.6 is 0 Å². The summed E-state index contributed by atoms with van der Waals surface area (Å²) in [6.07, 6.45) is 4.70. The van der Waals surface area contributed by atoms with Crippen molar-refractivity contribution in [1.82, 2.24) is 15.5 Å². The molecular formula is C64H75N3O8. The van der Waals surface area contributed by atoms with Gasteiger partial charge in [-0.05, 0) is 104 Å². The number of hydrogen-bond acceptors (Lipinski definition) is 9. The quantitative estimate of drug-likeness (QED) is 0.0578. The third-order valence-electron chi connectivity index (χ3n) is 15.1. The van der Waals surface area contributed by atoms with Gasteiger partial charge in [0, 0.05) is 25.1 Å². The summed E-state index contributed by atoms with van der Waals surface area (Å²) < 4.78 is 42.7. The topological polar surface area (TPSA) is 117 Å². The van der Waals surface area contributed by atoms with Gasteiger partial charge in [0.15, 0.2) is 0 Å². The van der Waals surface area contributed by atoms with Crippen LogP contribution in [0.3, 0.4) is 0 Å². The minimum Gasteiger partial charge on any atom is -0.374 e. The highest BCUT2D eigenvalue weighted by Crippen LogP contribution is 2.53. The van der Waals surface area contributed by atoms with E-state index in [4.69, 9.17) is 28.4 Å². The van der Waals surface area contributed by atoms with E-state index < -0.39 is 35.2 Å². The van der Waals surface area contributed by atoms with Gasteiger partial charge in [-0.1, -0.05) is 177 Å². The second-order valence-corrected chi connectivity index (χ2v) is 21.0. The molecule has 0 unspecified atom stereocenters. The lowest BCUT2D eigenvalue weighted by molar-refractivity contribution is -0.354. The summed E-state index contributed by atoms with van der Waals surface area (Å²) in [6.45, 7) is 5.13. The van der Waals surface area contributed by atoms with Crippen molar-refractivity contribution in [1.29, 1.82) is 0 Å². The van der Waals surface area contributed by atoms with Crippen molar-refractivity contribution < 1.29 is 38.0 Å². The predicted molar refractivity (Wildman–Crippen MR) is 291 cm³/mol. The molecule has 75 heavy (non-hydrogen) atoms. The summed E-state index contributed by atoms with van der Waals surface area (Å²) in [5.41, 5.74) is 7.63. The molecule has 6 aromatic carbocycles. The Kier molecular flexibility index (Phi) is 18.4. The molecule has 394 valence electrons. The number of carbonyl (C=O) groups is 2. The molecule has 0 spiro atoms. The summed E-state index contributed by atoms with van der Waals surface area (Å²) in [5, 5.41) is 6.27. The number of nitrogens with zero attached hydrogens (tertiary/aromatic N) is 1. The first-order chi connectivity index (χ1) is 36.6. The molecule has 6 aromatic rings. The summed E-state index contributed by atoms with van der Waals surface area (Å²) in [6, 6.07) is 55.8. The highest BCUT2D eigenvalue weighted by molar-refractivity contribution is 5.91. The Bertz CT molecular complexity index is 2720. The van der Waals surface area contributed by atoms with Gasteiger partial charge in [0.2, 0.25) is 17.6 Å². The van der Waals surface area contributed by atoms with Crippen molar-refractivity contribution in [3.8, 4) is 0 Å². The third kappa shape index (κ3) is 13.7. The van der Waals surface area contributed by atoms with E-state index in [9.17, 15) is 9.59 Å². The molecule has 11 heteroatoms. The number of aryl methyl sites for hydroxylation is 2. The maximum atomic E-state index is 13.4. The number of hydrogen-bond donors (Lipinski definition) is 2. The van der Waals surface area contributed by atoms with Gasteiger partial charge in [-0.15, -0.1) is 0 Å². The molecule has 0 aromatic heterocycles. The van der Waals surface area contributed by atoms with E-state index in [1.165, 1.54) is 0 Å². The molecule has 0 radical (unpaired) electrons. The molecule has 2 amide bonds. The highest BCUT2D eigenvalue weighted by Gasteiger charge is 2.69. The normalized spacial score (nSPS) is 21.9. The van der Waals surface area contributed by atoms with Gasteiger partial charge in [-0.3, -0.25) is 9.59 Å². The lowest BCUT2D eigenvalue weighted by Crippen LogP contribution is -2.67. The van der Waals surface area contributed by atoms with Crippen molar-refractivity contribution in [2.24, 2.45) is 0 Å². The molecule has 3 fully saturated rings. The Morgan fingerprint density at radius 2 is 1.20 bits per heavy atom. The van der Waals surface area contributed by atoms with E-state index >= 15 is 0 Å². The van der Waals surface area contributed by atoms with E-state index in [-0.39, 0.29) is 25.0 Å². The molecule has 2 bridgehead atoms. The Balaban J connectivity index is 0.963. The average molecular weight is 1010 g/mol. The zero-order valence-electron chi connectivity index (χ0n) is 44.1. The third-order valence-corrected chi connectivity index (χ3v) is 15.1. The standard InChI is InChI=1S/C64H75N3O8/c1-48-30-35-56(41-55(48)40-50-33-31-49(32-34-50)28-19-29-57(68)66-62(36-17-8-18-37-62)61(69)65-38-39-67(2)3)64-60(73-45-54-26-15-7-16-27-54)58(71-43-52-22-11-5-12-23-52)59(72-44-53-24-13-6-14-25-53)63(75-64,47-74-64)46-70-42-51-20-9-4-10-21-51/h4-7,9-16,20-27,30-35,41,58-60H,8,17-19,28-29,36-40,42-47H2,1-3H3,(H,65,69)(H,66,68)/t58-,59-,60+,63-,64-/m0/s1. The maximum absolute atomic E-state index is 13.4. The lowest BCUT2D eigenvalue weighted by Gasteiger charge is -2.51. The van der Waals surface area contributed by atoms with Crippen LogP contribution in [0.15, 0.2) is 164 Å². The van der Waals surface area contributed by atoms with Crippen molar-refractivity contribution in [3.63, 3.8) is 0 Å². The fourth-order valence-electron chi connectivity index (χ4n) is 10.9. The molecular weight excluding hydrogens is 939 g/mol. The second-order valence-electron chi connectivity index (χ2n) is 21.0. The summed E-state index contributed by atoms with van der Waals surface area (Å²) in [5.74, 6) is -1.52. The summed E-state index contributed by atoms with van der Waals surface area (Å²) in [4.78, 5) is 28.8. The van der Waals surface area contributed by atoms with Crippen molar-refractivity contribution in [2.45, 2.75) is 126 Å². The van der Waals surface area contributed by atoms with Crippen LogP contribution in [0.25, 0.3) is 0 Å². The van der Waals surface area contributed by atoms with Crippen LogP contribution in [0.5, 0.6) is 0 Å². The van der Waals surface area contributed by atoms with E-state index in [1.807, 2.05) is 91.8 Å². The molecule has 3 aliphatic rings. The Morgan fingerprint density at radius 1 is 0.640 bits per heavy atom. The molecule has 2 aliphatic heterocycles. The number of benzene rings is 6. The molecule has 5 atom stereocenters. The molecule has 1 aliphatic carbocycles. The molecule has 2 N–H and O–H groups in total. The van der Waals surface area contributed by atoms with Crippen LogP contribution in [-0.2, 0) is 83.1 Å². The van der Waals surface area contributed by atoms with Gasteiger partial charge in [0.1, 0.15) is 29.5 Å². The van der Waals surface area contributed by atoms with E-state index in [1.54, 1.807) is 0 Å². The molecule has 1 saturated carbocycles. The number of likely N-dealkylation sites (N-methyl/N-ethyl adjacent to an activating group) is 1. The number of carbonyl (C=O) groups excluding carboxylic acids is 2. The first-order valence-corrected chi connectivity index (χ1v) is 27.0.